The molecular weight excluding hydrogens is 271 g/mol. The quantitative estimate of drug-likeness (QED) is 0.634. The summed E-state index contributed by atoms with van der Waals surface area (Å²) in [5.41, 5.74) is 0. The summed E-state index contributed by atoms with van der Waals surface area (Å²) in [4.78, 5) is 0. The summed E-state index contributed by atoms with van der Waals surface area (Å²) in [6.07, 6.45) is 4.86. The van der Waals surface area contributed by atoms with Gasteiger partial charge in [-0.25, -0.2) is 0 Å². The van der Waals surface area contributed by atoms with Gasteiger partial charge in [0.2, 0.25) is 0 Å². The topological polar surface area (TPSA) is 55.4 Å². The lowest BCUT2D eigenvalue weighted by Gasteiger charge is -2.35. The molecule has 6 nitrogen and oxygen atoms in total. The molecule has 0 aromatic heterocycles. The molecule has 106 valence electrons. The SMILES string of the molecule is C1CCC2(CC1)O[C@H]1O[C@H]3[C@H](OP4OC[C@H]3O4)[C@H]1O2. The Morgan fingerprint density at radius 3 is 2.68 bits per heavy atom. The maximum atomic E-state index is 6.23. The second-order valence-electron chi connectivity index (χ2n) is 5.87. The van der Waals surface area contributed by atoms with Gasteiger partial charge in [-0.3, -0.25) is 0 Å². The Labute approximate surface area is 112 Å². The zero-order chi connectivity index (χ0) is 12.4. The summed E-state index contributed by atoms with van der Waals surface area (Å²) in [6, 6.07) is 0. The van der Waals surface area contributed by atoms with Crippen molar-refractivity contribution in [2.75, 3.05) is 6.61 Å². The van der Waals surface area contributed by atoms with E-state index in [0.717, 1.165) is 25.7 Å². The minimum atomic E-state index is -1.20. The normalized spacial score (nSPS) is 54.3. The monoisotopic (exact) mass is 288 g/mol. The predicted octanol–water partition coefficient (Wildman–Crippen LogP) is 1.83. The number of ether oxygens (including phenoxy) is 3. The number of rotatable bonds is 0. The van der Waals surface area contributed by atoms with Crippen molar-refractivity contribution in [2.24, 2.45) is 0 Å². The molecule has 1 spiro atoms. The Morgan fingerprint density at radius 1 is 0.895 bits per heavy atom. The molecule has 19 heavy (non-hydrogen) atoms. The van der Waals surface area contributed by atoms with Crippen LogP contribution in [-0.2, 0) is 27.8 Å². The van der Waals surface area contributed by atoms with Gasteiger partial charge in [-0.1, -0.05) is 6.42 Å². The molecule has 0 aromatic carbocycles. The van der Waals surface area contributed by atoms with Crippen molar-refractivity contribution in [3.05, 3.63) is 0 Å². The fourth-order valence-corrected chi connectivity index (χ4v) is 5.00. The van der Waals surface area contributed by atoms with E-state index in [4.69, 9.17) is 27.8 Å². The highest BCUT2D eigenvalue weighted by Crippen LogP contribution is 2.58. The number of hydrogen-bond donors (Lipinski definition) is 0. The van der Waals surface area contributed by atoms with Gasteiger partial charge < -0.3 is 27.8 Å². The summed E-state index contributed by atoms with van der Waals surface area (Å²) in [6.45, 7) is 0.553. The highest BCUT2D eigenvalue weighted by molar-refractivity contribution is 7.42. The minimum absolute atomic E-state index is 0.0232. The van der Waals surface area contributed by atoms with Crippen LogP contribution in [0, 0.1) is 0 Å². The van der Waals surface area contributed by atoms with E-state index in [-0.39, 0.29) is 30.7 Å². The summed E-state index contributed by atoms with van der Waals surface area (Å²) < 4.78 is 35.2. The lowest BCUT2D eigenvalue weighted by molar-refractivity contribution is -0.252. The van der Waals surface area contributed by atoms with E-state index in [0.29, 0.717) is 6.61 Å². The van der Waals surface area contributed by atoms with Crippen LogP contribution in [0.2, 0.25) is 0 Å². The molecule has 0 amide bonds. The Kier molecular flexibility index (Phi) is 2.55. The molecule has 0 radical (unpaired) electrons. The van der Waals surface area contributed by atoms with Crippen LogP contribution in [0.4, 0.5) is 0 Å². The standard InChI is InChI=1S/C12H17O6P/c1-2-4-12(5-3-1)15-10-9-8(14-11(10)16-12)7-6-13-19(17-7)18-9/h7-11H,1-6H2/t7-,8-,9+,10-,11-,19?/m1/s1. The molecule has 1 unspecified atom stereocenters. The molecule has 1 aliphatic carbocycles. The highest BCUT2D eigenvalue weighted by atomic mass is 31.2. The Morgan fingerprint density at radius 2 is 1.79 bits per heavy atom. The van der Waals surface area contributed by atoms with E-state index < -0.39 is 14.4 Å². The van der Waals surface area contributed by atoms with Gasteiger partial charge in [-0.05, 0) is 12.8 Å². The first kappa shape index (κ1) is 11.8. The van der Waals surface area contributed by atoms with Gasteiger partial charge in [0.05, 0.1) is 6.61 Å². The first-order valence-corrected chi connectivity index (χ1v) is 8.20. The summed E-state index contributed by atoms with van der Waals surface area (Å²) >= 11 is 0. The maximum absolute atomic E-state index is 6.23. The Hall–Kier alpha value is 0.190. The van der Waals surface area contributed by atoms with Crippen LogP contribution in [0.1, 0.15) is 32.1 Å². The van der Waals surface area contributed by atoms with Crippen molar-refractivity contribution in [2.45, 2.75) is 68.6 Å². The molecule has 4 aliphatic heterocycles. The van der Waals surface area contributed by atoms with Gasteiger partial charge in [-0.15, -0.1) is 0 Å². The van der Waals surface area contributed by atoms with Crippen LogP contribution < -0.4 is 0 Å². The third-order valence-corrected chi connectivity index (χ3v) is 5.86. The van der Waals surface area contributed by atoms with Crippen molar-refractivity contribution >= 4 is 8.60 Å². The zero-order valence-corrected chi connectivity index (χ0v) is 11.4. The first-order valence-electron chi connectivity index (χ1n) is 7.11. The van der Waals surface area contributed by atoms with Gasteiger partial charge in [0.1, 0.15) is 24.4 Å². The number of fused-ring (bicyclic) bond motifs is 6. The van der Waals surface area contributed by atoms with Gasteiger partial charge in [0, 0.05) is 12.8 Å². The van der Waals surface area contributed by atoms with E-state index >= 15 is 0 Å². The van der Waals surface area contributed by atoms with Crippen LogP contribution >= 0.6 is 8.60 Å². The summed E-state index contributed by atoms with van der Waals surface area (Å²) in [5.74, 6) is -0.423. The molecule has 0 aromatic rings. The average Bonchev–Trinajstić information content (AvgIpc) is 3.05. The van der Waals surface area contributed by atoms with E-state index in [9.17, 15) is 0 Å². The Balaban J connectivity index is 1.38. The zero-order valence-electron chi connectivity index (χ0n) is 10.5. The van der Waals surface area contributed by atoms with Crippen LogP contribution in [0.25, 0.3) is 0 Å². The molecule has 4 heterocycles. The van der Waals surface area contributed by atoms with Crippen LogP contribution in [0.15, 0.2) is 0 Å². The van der Waals surface area contributed by atoms with E-state index in [2.05, 4.69) is 0 Å². The van der Waals surface area contributed by atoms with Gasteiger partial charge in [0.15, 0.2) is 12.1 Å². The van der Waals surface area contributed by atoms with E-state index in [1.54, 1.807) is 0 Å². The molecule has 6 atom stereocenters. The minimum Gasteiger partial charge on any atom is -0.341 e. The molecule has 1 saturated carbocycles. The van der Waals surface area contributed by atoms with E-state index in [1.165, 1.54) is 6.42 Å². The summed E-state index contributed by atoms with van der Waals surface area (Å²) in [5, 5.41) is 0. The molecule has 5 aliphatic rings. The van der Waals surface area contributed by atoms with Crippen molar-refractivity contribution in [1.29, 1.82) is 0 Å². The molecule has 0 N–H and O–H groups in total. The number of hydrogen-bond acceptors (Lipinski definition) is 6. The molecular formula is C12H17O6P. The fraction of sp³-hybridized carbons (Fsp3) is 1.00. The summed E-state index contributed by atoms with van der Waals surface area (Å²) in [7, 11) is -1.20. The second kappa shape index (κ2) is 4.10. The van der Waals surface area contributed by atoms with Crippen LogP contribution in [-0.4, -0.2) is 43.1 Å². The van der Waals surface area contributed by atoms with Crippen molar-refractivity contribution in [3.8, 4) is 0 Å². The molecule has 2 bridgehead atoms. The fourth-order valence-electron chi connectivity index (χ4n) is 3.72. The Bertz CT molecular complexity index is 386. The highest BCUT2D eigenvalue weighted by Gasteiger charge is 2.63. The van der Waals surface area contributed by atoms with E-state index in [1.807, 2.05) is 0 Å². The van der Waals surface area contributed by atoms with Crippen LogP contribution in [0.5, 0.6) is 0 Å². The maximum Gasteiger partial charge on any atom is 0.333 e. The third-order valence-electron chi connectivity index (χ3n) is 4.64. The smallest absolute Gasteiger partial charge is 0.333 e. The lowest BCUT2D eigenvalue weighted by atomic mass is 9.94. The van der Waals surface area contributed by atoms with Crippen molar-refractivity contribution in [1.82, 2.24) is 0 Å². The molecule has 4 saturated heterocycles. The predicted molar refractivity (Wildman–Crippen MR) is 63.1 cm³/mol. The van der Waals surface area contributed by atoms with Crippen molar-refractivity contribution < 1.29 is 27.8 Å². The van der Waals surface area contributed by atoms with Crippen LogP contribution in [0.3, 0.4) is 0 Å². The largest absolute Gasteiger partial charge is 0.341 e. The first-order chi connectivity index (χ1) is 9.33. The molecule has 5 fully saturated rings. The lowest BCUT2D eigenvalue weighted by Crippen LogP contribution is -2.45. The average molecular weight is 288 g/mol. The molecule has 7 heteroatoms. The molecule has 5 rings (SSSR count). The van der Waals surface area contributed by atoms with Gasteiger partial charge in [-0.2, -0.15) is 0 Å². The van der Waals surface area contributed by atoms with Gasteiger partial charge >= 0.3 is 8.60 Å². The van der Waals surface area contributed by atoms with Crippen molar-refractivity contribution in [3.63, 3.8) is 0 Å². The third kappa shape index (κ3) is 1.69. The second-order valence-corrected chi connectivity index (χ2v) is 7.00. The van der Waals surface area contributed by atoms with Gasteiger partial charge in [0.25, 0.3) is 0 Å².